The molecular formula is C17H29FN2O2. The van der Waals surface area contributed by atoms with E-state index >= 15 is 0 Å². The lowest BCUT2D eigenvalue weighted by molar-refractivity contribution is -0.151. The predicted molar refractivity (Wildman–Crippen MR) is 87.9 cm³/mol. The third-order valence-electron chi connectivity index (χ3n) is 3.05. The van der Waals surface area contributed by atoms with Crippen LogP contribution in [-0.4, -0.2) is 37.2 Å². The molecule has 1 rings (SSSR count). The molecule has 0 aliphatic carbocycles. The monoisotopic (exact) mass is 312 g/mol. The highest BCUT2D eigenvalue weighted by Crippen LogP contribution is 2.04. The maximum atomic E-state index is 12.2. The van der Waals surface area contributed by atoms with E-state index in [1.54, 1.807) is 6.07 Å². The first-order chi connectivity index (χ1) is 10.5. The number of aryl methyl sites for hydroxylation is 1. The molecule has 0 fully saturated rings. The van der Waals surface area contributed by atoms with Crippen LogP contribution < -0.4 is 5.43 Å². The molecule has 5 heteroatoms. The zero-order chi connectivity index (χ0) is 17.0. The predicted octanol–water partition coefficient (Wildman–Crippen LogP) is 3.31. The molecule has 0 radical (unpaired) electrons. The molecular weight excluding hydrogens is 283 g/mol. The lowest BCUT2D eigenvalue weighted by atomic mass is 10.2. The van der Waals surface area contributed by atoms with Gasteiger partial charge in [0.1, 0.15) is 11.9 Å². The van der Waals surface area contributed by atoms with Gasteiger partial charge in [-0.2, -0.15) is 0 Å². The molecule has 1 N–H and O–H groups in total. The number of nitrogens with zero attached hydrogens (tertiary/aromatic N) is 1. The highest BCUT2D eigenvalue weighted by Gasteiger charge is 2.23. The zero-order valence-corrected chi connectivity index (χ0v) is 14.4. The van der Waals surface area contributed by atoms with E-state index in [0.29, 0.717) is 6.61 Å². The number of rotatable bonds is 7. The van der Waals surface area contributed by atoms with E-state index in [4.69, 9.17) is 4.74 Å². The van der Waals surface area contributed by atoms with Crippen molar-refractivity contribution < 1.29 is 13.9 Å². The fraction of sp³-hybridized carbons (Fsp3) is 0.588. The summed E-state index contributed by atoms with van der Waals surface area (Å²) in [6, 6.07) is 6.33. The van der Waals surface area contributed by atoms with Crippen molar-refractivity contribution in [3.63, 3.8) is 0 Å². The fourth-order valence-electron chi connectivity index (χ4n) is 2.02. The maximum absolute atomic E-state index is 12.2. The molecule has 0 spiro atoms. The topological polar surface area (TPSA) is 41.6 Å². The summed E-state index contributed by atoms with van der Waals surface area (Å²) in [6.45, 7) is 9.06. The maximum Gasteiger partial charge on any atom is 0.324 e. The number of ether oxygens (including phenoxy) is 1. The molecule has 1 aromatic rings. The van der Waals surface area contributed by atoms with Crippen molar-refractivity contribution in [3.8, 4) is 0 Å². The highest BCUT2D eigenvalue weighted by atomic mass is 19.1. The van der Waals surface area contributed by atoms with Crippen molar-refractivity contribution in [2.45, 2.75) is 46.6 Å². The quantitative estimate of drug-likeness (QED) is 0.619. The van der Waals surface area contributed by atoms with Gasteiger partial charge in [0.2, 0.25) is 0 Å². The minimum atomic E-state index is -0.167. The Morgan fingerprint density at radius 1 is 1.36 bits per heavy atom. The van der Waals surface area contributed by atoms with Crippen molar-refractivity contribution in [1.29, 1.82) is 0 Å². The standard InChI is InChI=1S/C10H22N2O2.C7H7F/c1-5-8-12(11-4)9(6-2)10(13)14-7-3;1-6-3-2-4-7(8)5-6/h9,11H,5-8H2,1-4H3;2-5H,1H3. The Kier molecular flexibility index (Phi) is 11.3. The summed E-state index contributed by atoms with van der Waals surface area (Å²) in [5, 5.41) is 1.93. The Labute approximate surface area is 133 Å². The summed E-state index contributed by atoms with van der Waals surface area (Å²) in [4.78, 5) is 11.5. The van der Waals surface area contributed by atoms with Gasteiger partial charge in [0.25, 0.3) is 0 Å². The SMILES string of the molecule is CCCN(NC)C(CC)C(=O)OCC.Cc1cccc(F)c1. The number of carbonyl (C=O) groups is 1. The summed E-state index contributed by atoms with van der Waals surface area (Å²) >= 11 is 0. The number of halogens is 1. The number of esters is 1. The molecule has 0 heterocycles. The molecule has 0 aromatic heterocycles. The third kappa shape index (κ3) is 8.10. The first-order valence-electron chi connectivity index (χ1n) is 7.82. The van der Waals surface area contributed by atoms with Crippen LogP contribution in [0.2, 0.25) is 0 Å². The smallest absolute Gasteiger partial charge is 0.324 e. The summed E-state index contributed by atoms with van der Waals surface area (Å²) < 4.78 is 17.2. The van der Waals surface area contributed by atoms with Gasteiger partial charge in [-0.15, -0.1) is 0 Å². The van der Waals surface area contributed by atoms with E-state index in [1.165, 1.54) is 12.1 Å². The zero-order valence-electron chi connectivity index (χ0n) is 14.4. The molecule has 0 amide bonds. The Balaban J connectivity index is 0.000000461. The molecule has 0 aliphatic rings. The van der Waals surface area contributed by atoms with Crippen molar-refractivity contribution >= 4 is 5.97 Å². The van der Waals surface area contributed by atoms with E-state index in [-0.39, 0.29) is 17.8 Å². The van der Waals surface area contributed by atoms with Gasteiger partial charge in [0.15, 0.2) is 0 Å². The lowest BCUT2D eigenvalue weighted by Crippen LogP contribution is -2.48. The number of hydrazine groups is 1. The molecule has 4 nitrogen and oxygen atoms in total. The van der Waals surface area contributed by atoms with Gasteiger partial charge in [0.05, 0.1) is 6.61 Å². The molecule has 0 aliphatic heterocycles. The van der Waals surface area contributed by atoms with Crippen LogP contribution in [0.3, 0.4) is 0 Å². The lowest BCUT2D eigenvalue weighted by Gasteiger charge is -2.27. The van der Waals surface area contributed by atoms with E-state index in [9.17, 15) is 9.18 Å². The van der Waals surface area contributed by atoms with E-state index in [0.717, 1.165) is 24.9 Å². The second-order valence-corrected chi connectivity index (χ2v) is 4.89. The van der Waals surface area contributed by atoms with Gasteiger partial charge in [-0.25, -0.2) is 9.40 Å². The molecule has 0 bridgehead atoms. The van der Waals surface area contributed by atoms with Crippen LogP contribution in [0.15, 0.2) is 24.3 Å². The highest BCUT2D eigenvalue weighted by molar-refractivity contribution is 5.75. The average Bonchev–Trinajstić information content (AvgIpc) is 2.47. The number of benzene rings is 1. The average molecular weight is 312 g/mol. The summed E-state index contributed by atoms with van der Waals surface area (Å²) in [5.41, 5.74) is 3.99. The Morgan fingerprint density at radius 3 is 2.41 bits per heavy atom. The number of nitrogens with one attached hydrogen (secondary N) is 1. The molecule has 22 heavy (non-hydrogen) atoms. The number of carbonyl (C=O) groups excluding carboxylic acids is 1. The van der Waals surface area contributed by atoms with Crippen LogP contribution in [0.25, 0.3) is 0 Å². The Hall–Kier alpha value is -1.46. The van der Waals surface area contributed by atoms with Gasteiger partial charge in [-0.1, -0.05) is 26.0 Å². The normalized spacial score (nSPS) is 11.6. The second kappa shape index (κ2) is 12.1. The van der Waals surface area contributed by atoms with Crippen LogP contribution in [0, 0.1) is 12.7 Å². The third-order valence-corrected chi connectivity index (χ3v) is 3.05. The molecule has 126 valence electrons. The van der Waals surface area contributed by atoms with Gasteiger partial charge in [-0.05, 0) is 51.4 Å². The summed E-state index contributed by atoms with van der Waals surface area (Å²) in [7, 11) is 1.83. The first-order valence-corrected chi connectivity index (χ1v) is 7.82. The minimum absolute atomic E-state index is 0.141. The minimum Gasteiger partial charge on any atom is -0.465 e. The molecule has 0 saturated carbocycles. The first kappa shape index (κ1) is 20.5. The van der Waals surface area contributed by atoms with Crippen LogP contribution >= 0.6 is 0 Å². The van der Waals surface area contributed by atoms with E-state index in [2.05, 4.69) is 12.3 Å². The molecule has 1 atom stereocenters. The van der Waals surface area contributed by atoms with Gasteiger partial charge in [-0.3, -0.25) is 10.2 Å². The Morgan fingerprint density at radius 2 is 2.05 bits per heavy atom. The van der Waals surface area contributed by atoms with Crippen LogP contribution in [0.1, 0.15) is 39.2 Å². The molecule has 0 saturated heterocycles. The van der Waals surface area contributed by atoms with Crippen LogP contribution in [-0.2, 0) is 9.53 Å². The molecule has 1 unspecified atom stereocenters. The number of hydrogen-bond donors (Lipinski definition) is 1. The summed E-state index contributed by atoms with van der Waals surface area (Å²) in [5.74, 6) is -0.303. The molecule has 1 aromatic carbocycles. The van der Waals surface area contributed by atoms with Crippen LogP contribution in [0.5, 0.6) is 0 Å². The van der Waals surface area contributed by atoms with E-state index in [1.807, 2.05) is 38.9 Å². The second-order valence-electron chi connectivity index (χ2n) is 4.89. The van der Waals surface area contributed by atoms with Gasteiger partial charge < -0.3 is 4.74 Å². The van der Waals surface area contributed by atoms with Crippen molar-refractivity contribution in [3.05, 3.63) is 35.6 Å². The summed E-state index contributed by atoms with van der Waals surface area (Å²) in [6.07, 6.45) is 1.77. The van der Waals surface area contributed by atoms with Gasteiger partial charge in [0, 0.05) is 6.54 Å². The van der Waals surface area contributed by atoms with E-state index < -0.39 is 0 Å². The Bertz CT molecular complexity index is 410. The largest absolute Gasteiger partial charge is 0.465 e. The van der Waals surface area contributed by atoms with Crippen LogP contribution in [0.4, 0.5) is 4.39 Å². The fourth-order valence-corrected chi connectivity index (χ4v) is 2.02. The van der Waals surface area contributed by atoms with Crippen molar-refractivity contribution in [2.24, 2.45) is 0 Å². The number of hydrogen-bond acceptors (Lipinski definition) is 4. The van der Waals surface area contributed by atoms with Crippen molar-refractivity contribution in [1.82, 2.24) is 10.4 Å². The van der Waals surface area contributed by atoms with Gasteiger partial charge >= 0.3 is 5.97 Å². The van der Waals surface area contributed by atoms with Crippen molar-refractivity contribution in [2.75, 3.05) is 20.2 Å².